The number of aliphatic carboxylic acids is 1. The minimum Gasteiger partial charge on any atom is -0.480 e. The highest BCUT2D eigenvalue weighted by molar-refractivity contribution is 5.69. The quantitative estimate of drug-likeness (QED) is 0.858. The molecule has 1 N–H and O–H groups in total. The lowest BCUT2D eigenvalue weighted by molar-refractivity contribution is -0.138. The topological polar surface area (TPSA) is 40.5 Å². The van der Waals surface area contributed by atoms with Gasteiger partial charge in [-0.2, -0.15) is 0 Å². The fourth-order valence-corrected chi connectivity index (χ4v) is 1.62. The maximum absolute atomic E-state index is 13.1. The van der Waals surface area contributed by atoms with Gasteiger partial charge < -0.3 is 5.11 Å². The summed E-state index contributed by atoms with van der Waals surface area (Å²) in [7, 11) is 0. The second-order valence-electron chi connectivity index (χ2n) is 4.46. The summed E-state index contributed by atoms with van der Waals surface area (Å²) in [6.45, 7) is 6.17. The number of rotatable bonds is 5. The number of aryl methyl sites for hydroxylation is 1. The van der Waals surface area contributed by atoms with Crippen LogP contribution in [0.1, 0.15) is 25.0 Å². The Balaban J connectivity index is 2.85. The van der Waals surface area contributed by atoms with E-state index in [1.807, 2.05) is 20.8 Å². The van der Waals surface area contributed by atoms with Crippen LogP contribution in [-0.4, -0.2) is 28.6 Å². The Hall–Kier alpha value is -1.42. The smallest absolute Gasteiger partial charge is 0.317 e. The van der Waals surface area contributed by atoms with Crippen LogP contribution < -0.4 is 0 Å². The molecule has 0 aliphatic rings. The number of carbonyl (C=O) groups is 1. The number of carboxylic acids is 1. The summed E-state index contributed by atoms with van der Waals surface area (Å²) in [4.78, 5) is 12.5. The van der Waals surface area contributed by atoms with Crippen molar-refractivity contribution in [1.29, 1.82) is 0 Å². The summed E-state index contributed by atoms with van der Waals surface area (Å²) in [5.74, 6) is -1.16. The minimum absolute atomic E-state index is 0.0341. The monoisotopic (exact) mass is 239 g/mol. The Bertz CT molecular complexity index is 404. The van der Waals surface area contributed by atoms with Gasteiger partial charge in [-0.05, 0) is 44.0 Å². The zero-order valence-electron chi connectivity index (χ0n) is 10.4. The summed E-state index contributed by atoms with van der Waals surface area (Å²) >= 11 is 0. The average Bonchev–Trinajstić information content (AvgIpc) is 2.21. The molecule has 0 radical (unpaired) electrons. The molecule has 0 aromatic heterocycles. The fraction of sp³-hybridized carbons (Fsp3) is 0.462. The lowest BCUT2D eigenvalue weighted by Gasteiger charge is -2.25. The van der Waals surface area contributed by atoms with Crippen molar-refractivity contribution in [2.75, 3.05) is 6.54 Å². The predicted octanol–water partition coefficient (Wildman–Crippen LogP) is 2.43. The first-order chi connectivity index (χ1) is 7.90. The number of hydrogen-bond acceptors (Lipinski definition) is 2. The molecule has 0 fully saturated rings. The van der Waals surface area contributed by atoms with Crippen LogP contribution in [0.5, 0.6) is 0 Å². The lowest BCUT2D eigenvalue weighted by Crippen LogP contribution is -2.35. The predicted molar refractivity (Wildman–Crippen MR) is 64.3 cm³/mol. The van der Waals surface area contributed by atoms with Crippen molar-refractivity contribution in [3.8, 4) is 0 Å². The third-order valence-corrected chi connectivity index (χ3v) is 2.75. The SMILES string of the molecule is Cc1ccc(F)cc1CN(CC(=O)O)C(C)C. The molecular formula is C13H18FNO2. The Kier molecular flexibility index (Phi) is 4.63. The van der Waals surface area contributed by atoms with Gasteiger partial charge in [0.15, 0.2) is 0 Å². The largest absolute Gasteiger partial charge is 0.480 e. The number of nitrogens with zero attached hydrogens (tertiary/aromatic N) is 1. The van der Waals surface area contributed by atoms with Crippen molar-refractivity contribution in [2.24, 2.45) is 0 Å². The molecule has 17 heavy (non-hydrogen) atoms. The molecular weight excluding hydrogens is 221 g/mol. The standard InChI is InChI=1S/C13H18FNO2/c1-9(2)15(8-13(16)17)7-11-6-12(14)5-4-10(11)3/h4-6,9H,7-8H2,1-3H3,(H,16,17). The van der Waals surface area contributed by atoms with Gasteiger partial charge in [-0.1, -0.05) is 6.07 Å². The molecule has 0 aliphatic carbocycles. The Labute approximate surface area is 101 Å². The molecule has 0 saturated carbocycles. The van der Waals surface area contributed by atoms with Crippen molar-refractivity contribution in [2.45, 2.75) is 33.4 Å². The summed E-state index contributed by atoms with van der Waals surface area (Å²) in [5.41, 5.74) is 1.81. The average molecular weight is 239 g/mol. The van der Waals surface area contributed by atoms with E-state index >= 15 is 0 Å². The Morgan fingerprint density at radius 2 is 2.12 bits per heavy atom. The van der Waals surface area contributed by atoms with E-state index in [2.05, 4.69) is 0 Å². The van der Waals surface area contributed by atoms with Gasteiger partial charge in [0.25, 0.3) is 0 Å². The van der Waals surface area contributed by atoms with Crippen LogP contribution in [0.2, 0.25) is 0 Å². The van der Waals surface area contributed by atoms with Crippen LogP contribution in [0, 0.1) is 12.7 Å². The fourth-order valence-electron chi connectivity index (χ4n) is 1.62. The Morgan fingerprint density at radius 3 is 2.65 bits per heavy atom. The van der Waals surface area contributed by atoms with Crippen LogP contribution in [0.25, 0.3) is 0 Å². The Morgan fingerprint density at radius 1 is 1.47 bits per heavy atom. The molecule has 94 valence electrons. The molecule has 0 spiro atoms. The van der Waals surface area contributed by atoms with Crippen LogP contribution in [0.4, 0.5) is 4.39 Å². The van der Waals surface area contributed by atoms with Crippen molar-refractivity contribution in [1.82, 2.24) is 4.90 Å². The summed E-state index contributed by atoms with van der Waals surface area (Å²) < 4.78 is 13.1. The lowest BCUT2D eigenvalue weighted by atomic mass is 10.1. The molecule has 0 atom stereocenters. The van der Waals surface area contributed by atoms with E-state index in [0.717, 1.165) is 11.1 Å². The first kappa shape index (κ1) is 13.6. The first-order valence-corrected chi connectivity index (χ1v) is 5.61. The van der Waals surface area contributed by atoms with E-state index in [9.17, 15) is 9.18 Å². The van der Waals surface area contributed by atoms with Gasteiger partial charge >= 0.3 is 5.97 Å². The molecule has 0 amide bonds. The molecule has 4 heteroatoms. The van der Waals surface area contributed by atoms with Crippen molar-refractivity contribution < 1.29 is 14.3 Å². The molecule has 0 aliphatic heterocycles. The van der Waals surface area contributed by atoms with E-state index in [0.29, 0.717) is 6.54 Å². The van der Waals surface area contributed by atoms with E-state index in [1.165, 1.54) is 12.1 Å². The number of hydrogen-bond donors (Lipinski definition) is 1. The van der Waals surface area contributed by atoms with E-state index in [4.69, 9.17) is 5.11 Å². The highest BCUT2D eigenvalue weighted by Crippen LogP contribution is 2.14. The zero-order chi connectivity index (χ0) is 13.0. The molecule has 1 aromatic carbocycles. The molecule has 0 saturated heterocycles. The third kappa shape index (κ3) is 4.15. The molecule has 1 rings (SSSR count). The second kappa shape index (κ2) is 5.77. The highest BCUT2D eigenvalue weighted by atomic mass is 19.1. The van der Waals surface area contributed by atoms with E-state index in [1.54, 1.807) is 11.0 Å². The first-order valence-electron chi connectivity index (χ1n) is 5.61. The van der Waals surface area contributed by atoms with Gasteiger partial charge in [0.1, 0.15) is 5.82 Å². The van der Waals surface area contributed by atoms with Gasteiger partial charge in [-0.15, -0.1) is 0 Å². The molecule has 1 aromatic rings. The molecule has 0 unspecified atom stereocenters. The summed E-state index contributed by atoms with van der Waals surface area (Å²) in [6, 6.07) is 4.69. The second-order valence-corrected chi connectivity index (χ2v) is 4.46. The number of halogens is 1. The third-order valence-electron chi connectivity index (χ3n) is 2.75. The molecule has 0 bridgehead atoms. The van der Waals surface area contributed by atoms with Gasteiger partial charge in [-0.3, -0.25) is 9.69 Å². The van der Waals surface area contributed by atoms with Crippen molar-refractivity contribution in [3.63, 3.8) is 0 Å². The van der Waals surface area contributed by atoms with Crippen LogP contribution in [0.3, 0.4) is 0 Å². The zero-order valence-corrected chi connectivity index (χ0v) is 10.4. The molecule has 3 nitrogen and oxygen atoms in total. The maximum atomic E-state index is 13.1. The number of carboxylic acid groups (broad SMARTS) is 1. The van der Waals surface area contributed by atoms with Crippen LogP contribution in [0.15, 0.2) is 18.2 Å². The van der Waals surface area contributed by atoms with Crippen molar-refractivity contribution >= 4 is 5.97 Å². The van der Waals surface area contributed by atoms with Gasteiger partial charge in [0, 0.05) is 12.6 Å². The van der Waals surface area contributed by atoms with Gasteiger partial charge in [-0.25, -0.2) is 4.39 Å². The van der Waals surface area contributed by atoms with Crippen LogP contribution >= 0.6 is 0 Å². The molecule has 0 heterocycles. The van der Waals surface area contributed by atoms with Crippen molar-refractivity contribution in [3.05, 3.63) is 35.1 Å². The highest BCUT2D eigenvalue weighted by Gasteiger charge is 2.15. The van der Waals surface area contributed by atoms with E-state index < -0.39 is 5.97 Å². The van der Waals surface area contributed by atoms with Crippen LogP contribution in [-0.2, 0) is 11.3 Å². The van der Waals surface area contributed by atoms with Gasteiger partial charge in [0.05, 0.1) is 6.54 Å². The number of benzene rings is 1. The van der Waals surface area contributed by atoms with Gasteiger partial charge in [0.2, 0.25) is 0 Å². The normalized spacial score (nSPS) is 11.2. The maximum Gasteiger partial charge on any atom is 0.317 e. The summed E-state index contributed by atoms with van der Waals surface area (Å²) in [6.07, 6.45) is 0. The summed E-state index contributed by atoms with van der Waals surface area (Å²) in [5, 5.41) is 8.82. The van der Waals surface area contributed by atoms with E-state index in [-0.39, 0.29) is 18.4 Å². The minimum atomic E-state index is -0.868.